The molecule has 0 unspecified atom stereocenters. The number of aliphatic hydroxyl groups is 1. The molecule has 1 aromatic heterocycles. The molecule has 0 aliphatic heterocycles. The van der Waals surface area contributed by atoms with Crippen molar-refractivity contribution in [1.82, 2.24) is 10.3 Å². The number of fused-ring (bicyclic) bond motifs is 1. The summed E-state index contributed by atoms with van der Waals surface area (Å²) in [4.78, 5) is 3.21. The molecular weight excluding hydrogens is 224 g/mol. The van der Waals surface area contributed by atoms with Gasteiger partial charge in [0.25, 0.3) is 0 Å². The minimum absolute atomic E-state index is 0.573. The van der Waals surface area contributed by atoms with Gasteiger partial charge in [0.2, 0.25) is 0 Å². The lowest BCUT2D eigenvalue weighted by Gasteiger charge is -2.25. The first kappa shape index (κ1) is 13.1. The monoisotopic (exact) mass is 246 g/mol. The number of hydrogen-bond donors (Lipinski definition) is 3. The van der Waals surface area contributed by atoms with Crippen molar-refractivity contribution in [1.29, 1.82) is 0 Å². The predicted octanol–water partition coefficient (Wildman–Crippen LogP) is 2.81. The molecule has 3 N–H and O–H groups in total. The summed E-state index contributed by atoms with van der Waals surface area (Å²) in [7, 11) is 0. The molecule has 2 aromatic rings. The zero-order valence-electron chi connectivity index (χ0n) is 11.2. The van der Waals surface area contributed by atoms with Gasteiger partial charge < -0.3 is 15.4 Å². The molecule has 3 heteroatoms. The molecule has 0 saturated carbocycles. The molecule has 0 bridgehead atoms. The molecule has 0 radical (unpaired) electrons. The summed E-state index contributed by atoms with van der Waals surface area (Å²) < 4.78 is 0. The van der Waals surface area contributed by atoms with Crippen molar-refractivity contribution >= 4 is 10.9 Å². The van der Waals surface area contributed by atoms with Crippen LogP contribution in [0.3, 0.4) is 0 Å². The summed E-state index contributed by atoms with van der Waals surface area (Å²) >= 11 is 0. The van der Waals surface area contributed by atoms with E-state index >= 15 is 0 Å². The Labute approximate surface area is 108 Å². The number of benzene rings is 1. The molecule has 2 rings (SSSR count). The number of H-pyrrole nitrogens is 1. The second-order valence-corrected chi connectivity index (χ2v) is 4.93. The molecule has 0 aliphatic rings. The third kappa shape index (κ3) is 2.92. The molecule has 0 fully saturated rings. The Hall–Kier alpha value is -1.32. The van der Waals surface area contributed by atoms with Crippen molar-refractivity contribution in [2.24, 2.45) is 0 Å². The van der Waals surface area contributed by atoms with Crippen LogP contribution in [-0.2, 0) is 6.54 Å². The van der Waals surface area contributed by atoms with Crippen LogP contribution >= 0.6 is 0 Å². The predicted molar refractivity (Wildman–Crippen MR) is 75.5 cm³/mol. The molecule has 1 aromatic carbocycles. The zero-order chi connectivity index (χ0) is 13.0. The topological polar surface area (TPSA) is 48.0 Å². The van der Waals surface area contributed by atoms with Gasteiger partial charge in [0.1, 0.15) is 0 Å². The third-order valence-electron chi connectivity index (χ3n) is 3.72. The van der Waals surface area contributed by atoms with E-state index in [2.05, 4.69) is 34.6 Å². The van der Waals surface area contributed by atoms with E-state index in [0.717, 1.165) is 24.9 Å². The van der Waals surface area contributed by atoms with Crippen molar-refractivity contribution in [3.63, 3.8) is 0 Å². The fraction of sp³-hybridized carbons (Fsp3) is 0.467. The number of aromatic amines is 1. The molecule has 0 amide bonds. The summed E-state index contributed by atoms with van der Waals surface area (Å²) in [5, 5.41) is 14.7. The maximum absolute atomic E-state index is 10.2. The summed E-state index contributed by atoms with van der Waals surface area (Å²) in [5.74, 6) is 0. The first-order chi connectivity index (χ1) is 8.67. The quantitative estimate of drug-likeness (QED) is 0.734. The van der Waals surface area contributed by atoms with Gasteiger partial charge >= 0.3 is 0 Å². The Morgan fingerprint density at radius 3 is 2.72 bits per heavy atom. The number of nitrogens with one attached hydrogen (secondary N) is 2. The van der Waals surface area contributed by atoms with Gasteiger partial charge in [-0.15, -0.1) is 0 Å². The van der Waals surface area contributed by atoms with Gasteiger partial charge in [-0.1, -0.05) is 26.0 Å². The largest absolute Gasteiger partial charge is 0.389 e. The Kier molecular flexibility index (Phi) is 4.04. The molecule has 98 valence electrons. The SMILES string of the molecule is CCC(O)(CC)CNCc1ccc2cc[nH]c2c1. The van der Waals surface area contributed by atoms with Crippen molar-refractivity contribution in [2.75, 3.05) is 6.54 Å². The number of hydrogen-bond acceptors (Lipinski definition) is 2. The third-order valence-corrected chi connectivity index (χ3v) is 3.72. The van der Waals surface area contributed by atoms with Crippen molar-refractivity contribution in [3.05, 3.63) is 36.0 Å². The average Bonchev–Trinajstić information content (AvgIpc) is 2.86. The van der Waals surface area contributed by atoms with Gasteiger partial charge in [-0.05, 0) is 35.9 Å². The van der Waals surface area contributed by atoms with E-state index in [-0.39, 0.29) is 0 Å². The first-order valence-electron chi connectivity index (χ1n) is 6.66. The van der Waals surface area contributed by atoms with E-state index in [4.69, 9.17) is 0 Å². The Bertz CT molecular complexity index is 500. The van der Waals surface area contributed by atoms with Crippen molar-refractivity contribution < 1.29 is 5.11 Å². The van der Waals surface area contributed by atoms with E-state index in [0.29, 0.717) is 6.54 Å². The first-order valence-corrected chi connectivity index (χ1v) is 6.66. The molecule has 1 heterocycles. The molecule has 18 heavy (non-hydrogen) atoms. The van der Waals surface area contributed by atoms with E-state index in [1.54, 1.807) is 0 Å². The van der Waals surface area contributed by atoms with E-state index in [9.17, 15) is 5.11 Å². The molecule has 0 aliphatic carbocycles. The minimum atomic E-state index is -0.573. The van der Waals surface area contributed by atoms with Gasteiger partial charge in [0.05, 0.1) is 5.60 Å². The molecular formula is C15H22N2O. The van der Waals surface area contributed by atoms with E-state index in [1.807, 2.05) is 20.0 Å². The summed E-state index contributed by atoms with van der Waals surface area (Å²) in [6.45, 7) is 5.48. The summed E-state index contributed by atoms with van der Waals surface area (Å²) in [6.07, 6.45) is 3.52. The highest BCUT2D eigenvalue weighted by Gasteiger charge is 2.20. The van der Waals surface area contributed by atoms with Crippen LogP contribution in [0.2, 0.25) is 0 Å². The van der Waals surface area contributed by atoms with Gasteiger partial charge in [0, 0.05) is 24.8 Å². The Morgan fingerprint density at radius 2 is 2.00 bits per heavy atom. The highest BCUT2D eigenvalue weighted by molar-refractivity contribution is 5.79. The van der Waals surface area contributed by atoms with Crippen LogP contribution in [0.25, 0.3) is 10.9 Å². The zero-order valence-corrected chi connectivity index (χ0v) is 11.2. The Balaban J connectivity index is 1.93. The second-order valence-electron chi connectivity index (χ2n) is 4.93. The fourth-order valence-electron chi connectivity index (χ4n) is 2.14. The van der Waals surface area contributed by atoms with Crippen LogP contribution in [0, 0.1) is 0 Å². The van der Waals surface area contributed by atoms with Crippen molar-refractivity contribution in [3.8, 4) is 0 Å². The lowest BCUT2D eigenvalue weighted by Crippen LogP contribution is -2.39. The number of aromatic nitrogens is 1. The smallest absolute Gasteiger partial charge is 0.0766 e. The summed E-state index contributed by atoms with van der Waals surface area (Å²) in [5.41, 5.74) is 1.83. The van der Waals surface area contributed by atoms with E-state index < -0.39 is 5.60 Å². The van der Waals surface area contributed by atoms with Crippen LogP contribution < -0.4 is 5.32 Å². The average molecular weight is 246 g/mol. The van der Waals surface area contributed by atoms with Crippen LogP contribution in [0.5, 0.6) is 0 Å². The van der Waals surface area contributed by atoms with Gasteiger partial charge in [-0.25, -0.2) is 0 Å². The van der Waals surface area contributed by atoms with Gasteiger partial charge in [0.15, 0.2) is 0 Å². The van der Waals surface area contributed by atoms with Crippen LogP contribution in [0.1, 0.15) is 32.3 Å². The molecule has 0 saturated heterocycles. The normalized spacial score (nSPS) is 12.2. The van der Waals surface area contributed by atoms with Gasteiger partial charge in [-0.2, -0.15) is 0 Å². The number of rotatable bonds is 6. The van der Waals surface area contributed by atoms with Crippen LogP contribution in [0.15, 0.2) is 30.5 Å². The fourth-order valence-corrected chi connectivity index (χ4v) is 2.14. The summed E-state index contributed by atoms with van der Waals surface area (Å²) in [6, 6.07) is 8.47. The Morgan fingerprint density at radius 1 is 1.22 bits per heavy atom. The standard InChI is InChI=1S/C15H22N2O/c1-3-15(18,4-2)11-16-10-12-5-6-13-7-8-17-14(13)9-12/h5-9,16-18H,3-4,10-11H2,1-2H3. The lowest BCUT2D eigenvalue weighted by atomic mass is 9.97. The van der Waals surface area contributed by atoms with Gasteiger partial charge in [-0.3, -0.25) is 0 Å². The van der Waals surface area contributed by atoms with Crippen molar-refractivity contribution in [2.45, 2.75) is 38.8 Å². The maximum atomic E-state index is 10.2. The van der Waals surface area contributed by atoms with E-state index in [1.165, 1.54) is 10.9 Å². The minimum Gasteiger partial charge on any atom is -0.389 e. The molecule has 3 nitrogen and oxygen atoms in total. The maximum Gasteiger partial charge on any atom is 0.0766 e. The molecule has 0 spiro atoms. The highest BCUT2D eigenvalue weighted by atomic mass is 16.3. The molecule has 0 atom stereocenters. The second kappa shape index (κ2) is 5.55. The van der Waals surface area contributed by atoms with Crippen LogP contribution in [0.4, 0.5) is 0 Å². The van der Waals surface area contributed by atoms with Crippen LogP contribution in [-0.4, -0.2) is 22.2 Å². The highest BCUT2D eigenvalue weighted by Crippen LogP contribution is 2.15. The lowest BCUT2D eigenvalue weighted by molar-refractivity contribution is 0.0323.